The monoisotopic (exact) mass is 432 g/mol. The molecule has 0 unspecified atom stereocenters. The normalized spacial score (nSPS) is 12.3. The molecule has 0 aliphatic rings. The number of aromatic hydroxyl groups is 1. The maximum atomic E-state index is 11.5. The lowest BCUT2D eigenvalue weighted by Crippen LogP contribution is -2.04. The van der Waals surface area contributed by atoms with E-state index in [1.807, 2.05) is 0 Å². The van der Waals surface area contributed by atoms with Crippen molar-refractivity contribution in [2.45, 2.75) is 9.79 Å². The number of phenolic OH excluding ortho intramolecular Hbond substituents is 1. The second kappa shape index (κ2) is 6.54. The molecule has 142 valence electrons. The van der Waals surface area contributed by atoms with Crippen LogP contribution in [0.3, 0.4) is 0 Å². The summed E-state index contributed by atoms with van der Waals surface area (Å²) in [6.07, 6.45) is 1.15. The lowest BCUT2D eigenvalue weighted by molar-refractivity contribution is 0.471. The van der Waals surface area contributed by atoms with Gasteiger partial charge in [-0.05, 0) is 28.8 Å². The standard InChI is InChI=1S/C13H9ClN4O7S2/c14-9-5-15-18-17-13(9)16-10-3-7(26(20,21)22)1-6-2-8(27(23,24)25)4-11(19)12(6)10/h1-5,19H,(H,15,16,17)(H,20,21,22)(H,23,24,25). The fraction of sp³-hybridized carbons (Fsp3) is 0. The average molecular weight is 433 g/mol. The maximum absolute atomic E-state index is 11.5. The van der Waals surface area contributed by atoms with Gasteiger partial charge in [-0.15, -0.1) is 10.2 Å². The minimum Gasteiger partial charge on any atom is -0.507 e. The van der Waals surface area contributed by atoms with Gasteiger partial charge in [0.15, 0.2) is 5.82 Å². The molecule has 3 rings (SSSR count). The van der Waals surface area contributed by atoms with Gasteiger partial charge in [0, 0.05) is 11.5 Å². The van der Waals surface area contributed by atoms with Crippen molar-refractivity contribution in [1.82, 2.24) is 15.4 Å². The highest BCUT2D eigenvalue weighted by Gasteiger charge is 2.20. The zero-order valence-corrected chi connectivity index (χ0v) is 15.3. The molecule has 1 aromatic heterocycles. The minimum absolute atomic E-state index is 0.0180. The molecular formula is C13H9ClN4O7S2. The van der Waals surface area contributed by atoms with Crippen LogP contribution in [0.5, 0.6) is 5.75 Å². The second-order valence-electron chi connectivity index (χ2n) is 5.22. The minimum atomic E-state index is -4.70. The molecule has 0 radical (unpaired) electrons. The van der Waals surface area contributed by atoms with E-state index in [9.17, 15) is 31.0 Å². The van der Waals surface area contributed by atoms with Crippen LogP contribution in [0.1, 0.15) is 0 Å². The topological polar surface area (TPSA) is 180 Å². The SMILES string of the molecule is O=S(=O)(O)c1cc(O)c2c(Nc3nnncc3Cl)cc(S(=O)(=O)O)cc2c1. The first-order valence-electron chi connectivity index (χ1n) is 6.83. The third kappa shape index (κ3) is 3.91. The Balaban J connectivity index is 2.35. The lowest BCUT2D eigenvalue weighted by atomic mass is 10.1. The summed E-state index contributed by atoms with van der Waals surface area (Å²) in [4.78, 5) is -1.28. The van der Waals surface area contributed by atoms with Gasteiger partial charge in [0.1, 0.15) is 10.8 Å². The van der Waals surface area contributed by atoms with Gasteiger partial charge in [-0.2, -0.15) is 16.8 Å². The average Bonchev–Trinajstić information content (AvgIpc) is 2.54. The number of hydrogen-bond acceptors (Lipinski definition) is 9. The number of phenols is 1. The quantitative estimate of drug-likeness (QED) is 0.440. The molecule has 27 heavy (non-hydrogen) atoms. The molecule has 0 aliphatic carbocycles. The van der Waals surface area contributed by atoms with Crippen molar-refractivity contribution in [3.05, 3.63) is 35.5 Å². The fourth-order valence-electron chi connectivity index (χ4n) is 2.30. The number of halogens is 1. The van der Waals surface area contributed by atoms with Gasteiger partial charge in [-0.25, -0.2) is 0 Å². The molecule has 0 atom stereocenters. The van der Waals surface area contributed by atoms with Gasteiger partial charge < -0.3 is 10.4 Å². The molecule has 0 bridgehead atoms. The Kier molecular flexibility index (Phi) is 4.65. The Morgan fingerprint density at radius 3 is 2.11 bits per heavy atom. The van der Waals surface area contributed by atoms with Gasteiger partial charge in [0.25, 0.3) is 20.2 Å². The van der Waals surface area contributed by atoms with E-state index in [2.05, 4.69) is 20.7 Å². The number of hydrogen-bond donors (Lipinski definition) is 4. The third-order valence-electron chi connectivity index (χ3n) is 3.42. The first-order chi connectivity index (χ1) is 12.5. The highest BCUT2D eigenvalue weighted by Crippen LogP contribution is 2.38. The van der Waals surface area contributed by atoms with Gasteiger partial charge in [-0.3, -0.25) is 9.11 Å². The number of rotatable bonds is 4. The smallest absolute Gasteiger partial charge is 0.294 e. The van der Waals surface area contributed by atoms with E-state index in [0.29, 0.717) is 0 Å². The van der Waals surface area contributed by atoms with Crippen molar-refractivity contribution in [3.63, 3.8) is 0 Å². The molecule has 1 heterocycles. The van der Waals surface area contributed by atoms with E-state index in [4.69, 9.17) is 11.6 Å². The summed E-state index contributed by atoms with van der Waals surface area (Å²) in [7, 11) is -9.38. The molecule has 2 aromatic carbocycles. The summed E-state index contributed by atoms with van der Waals surface area (Å²) in [6.45, 7) is 0. The number of nitrogens with one attached hydrogen (secondary N) is 1. The third-order valence-corrected chi connectivity index (χ3v) is 5.36. The first kappa shape index (κ1) is 19.2. The molecule has 0 aliphatic heterocycles. The first-order valence-corrected chi connectivity index (χ1v) is 10.1. The number of aromatic nitrogens is 3. The summed E-state index contributed by atoms with van der Waals surface area (Å²) < 4.78 is 64.3. The van der Waals surface area contributed by atoms with Crippen molar-refractivity contribution in [2.24, 2.45) is 0 Å². The van der Waals surface area contributed by atoms with E-state index in [-0.39, 0.29) is 27.3 Å². The lowest BCUT2D eigenvalue weighted by Gasteiger charge is -2.13. The molecule has 0 saturated heterocycles. The van der Waals surface area contributed by atoms with Gasteiger partial charge >= 0.3 is 0 Å². The van der Waals surface area contributed by atoms with Crippen LogP contribution >= 0.6 is 11.6 Å². The molecule has 3 aromatic rings. The molecule has 0 saturated carbocycles. The maximum Gasteiger partial charge on any atom is 0.294 e. The molecule has 4 N–H and O–H groups in total. The van der Waals surface area contributed by atoms with E-state index in [0.717, 1.165) is 30.5 Å². The molecule has 11 nitrogen and oxygen atoms in total. The van der Waals surface area contributed by atoms with Gasteiger partial charge in [-0.1, -0.05) is 11.6 Å². The number of fused-ring (bicyclic) bond motifs is 1. The second-order valence-corrected chi connectivity index (χ2v) is 8.47. The van der Waals surface area contributed by atoms with Crippen LogP contribution in [0.4, 0.5) is 11.5 Å². The summed E-state index contributed by atoms with van der Waals surface area (Å²) >= 11 is 5.91. The zero-order chi connectivity index (χ0) is 20.0. The van der Waals surface area contributed by atoms with Gasteiger partial charge in [0.2, 0.25) is 0 Å². The molecule has 14 heteroatoms. The Hall–Kier alpha value is -2.58. The number of benzene rings is 2. The predicted molar refractivity (Wildman–Crippen MR) is 93.4 cm³/mol. The Bertz CT molecular complexity index is 1270. The van der Waals surface area contributed by atoms with E-state index >= 15 is 0 Å². The number of nitrogens with zero attached hydrogens (tertiary/aromatic N) is 3. The van der Waals surface area contributed by atoms with Crippen molar-refractivity contribution >= 4 is 54.1 Å². The van der Waals surface area contributed by atoms with Crippen LogP contribution < -0.4 is 5.32 Å². The molecule has 0 fully saturated rings. The van der Waals surface area contributed by atoms with Crippen molar-refractivity contribution in [3.8, 4) is 5.75 Å². The highest BCUT2D eigenvalue weighted by atomic mass is 35.5. The largest absolute Gasteiger partial charge is 0.507 e. The predicted octanol–water partition coefficient (Wildman–Crippen LogP) is 1.62. The van der Waals surface area contributed by atoms with Crippen molar-refractivity contribution in [2.75, 3.05) is 5.32 Å². The van der Waals surface area contributed by atoms with Crippen LogP contribution in [0.15, 0.2) is 40.3 Å². The summed E-state index contributed by atoms with van der Waals surface area (Å²) in [5, 5.41) is 23.2. The van der Waals surface area contributed by atoms with Crippen LogP contribution in [-0.4, -0.2) is 46.5 Å². The fourth-order valence-corrected chi connectivity index (χ4v) is 3.51. The Morgan fingerprint density at radius 2 is 1.56 bits per heavy atom. The summed E-state index contributed by atoms with van der Waals surface area (Å²) in [5.74, 6) is -0.638. The van der Waals surface area contributed by atoms with Gasteiger partial charge in [0.05, 0.1) is 21.7 Å². The van der Waals surface area contributed by atoms with Crippen LogP contribution in [0.2, 0.25) is 5.02 Å². The summed E-state index contributed by atoms with van der Waals surface area (Å²) in [5.41, 5.74) is -0.0816. The summed E-state index contributed by atoms with van der Waals surface area (Å²) in [6, 6.07) is 3.59. The van der Waals surface area contributed by atoms with Crippen LogP contribution in [0, 0.1) is 0 Å². The molecular weight excluding hydrogens is 424 g/mol. The zero-order valence-electron chi connectivity index (χ0n) is 12.9. The Morgan fingerprint density at radius 1 is 0.963 bits per heavy atom. The van der Waals surface area contributed by atoms with Crippen LogP contribution in [-0.2, 0) is 20.2 Å². The Labute approximate surface area is 157 Å². The van der Waals surface area contributed by atoms with Crippen LogP contribution in [0.25, 0.3) is 10.8 Å². The van der Waals surface area contributed by atoms with E-state index in [1.54, 1.807) is 0 Å². The van der Waals surface area contributed by atoms with E-state index < -0.39 is 35.8 Å². The van der Waals surface area contributed by atoms with E-state index in [1.165, 1.54) is 0 Å². The molecule has 0 amide bonds. The van der Waals surface area contributed by atoms with Crippen molar-refractivity contribution in [1.29, 1.82) is 0 Å². The number of anilines is 2. The van der Waals surface area contributed by atoms with Crippen molar-refractivity contribution < 1.29 is 31.0 Å². The molecule has 0 spiro atoms. The highest BCUT2D eigenvalue weighted by molar-refractivity contribution is 7.86.